The Morgan fingerprint density at radius 1 is 1.23 bits per heavy atom. The van der Waals surface area contributed by atoms with Crippen LogP contribution in [0.1, 0.15) is 34.3 Å². The summed E-state index contributed by atoms with van der Waals surface area (Å²) in [5.41, 5.74) is 1.94. The summed E-state index contributed by atoms with van der Waals surface area (Å²) in [5.74, 6) is -0.128. The zero-order valence-electron chi connectivity index (χ0n) is 12.6. The smallest absolute Gasteiger partial charge is 0.273 e. The predicted octanol–water partition coefficient (Wildman–Crippen LogP) is 3.44. The Morgan fingerprint density at radius 3 is 2.55 bits per heavy atom. The van der Waals surface area contributed by atoms with E-state index in [2.05, 4.69) is 5.32 Å². The summed E-state index contributed by atoms with van der Waals surface area (Å²) in [6.45, 7) is 4.15. The zero-order valence-corrected chi connectivity index (χ0v) is 12.6. The quantitative estimate of drug-likeness (QED) is 0.679. The maximum Gasteiger partial charge on any atom is 0.273 e. The molecule has 114 valence electrons. The minimum absolute atomic E-state index is 0.0382. The van der Waals surface area contributed by atoms with Crippen molar-refractivity contribution in [2.45, 2.75) is 19.8 Å². The maximum atomic E-state index is 12.1. The largest absolute Gasteiger partial charge is 0.351 e. The van der Waals surface area contributed by atoms with Gasteiger partial charge in [-0.2, -0.15) is 0 Å². The highest BCUT2D eigenvalue weighted by atomic mass is 16.6. The summed E-state index contributed by atoms with van der Waals surface area (Å²) in [7, 11) is 0. The van der Waals surface area contributed by atoms with Gasteiger partial charge in [-0.1, -0.05) is 43.3 Å². The minimum atomic E-state index is -0.474. The molecule has 5 nitrogen and oxygen atoms in total. The Morgan fingerprint density at radius 2 is 1.91 bits per heavy atom. The van der Waals surface area contributed by atoms with Gasteiger partial charge >= 0.3 is 0 Å². The first-order valence-electron chi connectivity index (χ1n) is 7.07. The Labute approximate surface area is 129 Å². The van der Waals surface area contributed by atoms with Crippen molar-refractivity contribution in [3.63, 3.8) is 0 Å². The van der Waals surface area contributed by atoms with E-state index in [0.717, 1.165) is 5.56 Å². The Balaban J connectivity index is 2.04. The maximum absolute atomic E-state index is 12.1. The third kappa shape index (κ3) is 3.69. The van der Waals surface area contributed by atoms with Crippen molar-refractivity contribution in [3.05, 3.63) is 75.3 Å². The van der Waals surface area contributed by atoms with E-state index >= 15 is 0 Å². The van der Waals surface area contributed by atoms with Crippen LogP contribution in [0.15, 0.2) is 48.5 Å². The van der Waals surface area contributed by atoms with Gasteiger partial charge in [0.15, 0.2) is 0 Å². The fourth-order valence-corrected chi connectivity index (χ4v) is 2.19. The number of aryl methyl sites for hydroxylation is 1. The van der Waals surface area contributed by atoms with E-state index in [0.29, 0.717) is 17.7 Å². The van der Waals surface area contributed by atoms with Crippen LogP contribution in [0.25, 0.3) is 0 Å². The highest BCUT2D eigenvalue weighted by Gasteiger charge is 2.15. The number of amides is 1. The lowest BCUT2D eigenvalue weighted by Crippen LogP contribution is -2.27. The molecule has 0 saturated carbocycles. The van der Waals surface area contributed by atoms with Crippen LogP contribution in [0, 0.1) is 17.0 Å². The molecule has 0 aliphatic carbocycles. The SMILES string of the molecule is Cc1ccc(C(=O)NC[C@H](C)c2ccccc2)cc1[N+](=O)[O-]. The second kappa shape index (κ2) is 6.85. The van der Waals surface area contributed by atoms with Crippen LogP contribution in [0.2, 0.25) is 0 Å². The molecule has 2 aromatic carbocycles. The van der Waals surface area contributed by atoms with Gasteiger partial charge < -0.3 is 5.32 Å². The van der Waals surface area contributed by atoms with Gasteiger partial charge in [-0.25, -0.2) is 0 Å². The monoisotopic (exact) mass is 298 g/mol. The van der Waals surface area contributed by atoms with Crippen molar-refractivity contribution in [3.8, 4) is 0 Å². The van der Waals surface area contributed by atoms with Crippen molar-refractivity contribution in [1.29, 1.82) is 0 Å². The molecule has 0 aromatic heterocycles. The van der Waals surface area contributed by atoms with E-state index in [1.54, 1.807) is 19.1 Å². The van der Waals surface area contributed by atoms with Crippen LogP contribution in [0.5, 0.6) is 0 Å². The number of rotatable bonds is 5. The molecule has 0 fully saturated rings. The molecular formula is C17H18N2O3. The standard InChI is InChI=1S/C17H18N2O3/c1-12-8-9-15(10-16(12)19(21)22)17(20)18-11-13(2)14-6-4-3-5-7-14/h3-10,13H,11H2,1-2H3,(H,18,20)/t13-/m0/s1. The fraction of sp³-hybridized carbons (Fsp3) is 0.235. The van der Waals surface area contributed by atoms with Crippen LogP contribution in [0.3, 0.4) is 0 Å². The number of carbonyl (C=O) groups excluding carboxylic acids is 1. The van der Waals surface area contributed by atoms with Gasteiger partial charge in [-0.15, -0.1) is 0 Å². The van der Waals surface area contributed by atoms with Crippen LogP contribution < -0.4 is 5.32 Å². The minimum Gasteiger partial charge on any atom is -0.351 e. The molecule has 2 aromatic rings. The second-order valence-electron chi connectivity index (χ2n) is 5.28. The van der Waals surface area contributed by atoms with Crippen LogP contribution in [-0.4, -0.2) is 17.4 Å². The molecule has 1 atom stereocenters. The molecule has 0 heterocycles. The van der Waals surface area contributed by atoms with Gasteiger partial charge in [0.1, 0.15) is 0 Å². The number of benzene rings is 2. The molecular weight excluding hydrogens is 280 g/mol. The van der Waals surface area contributed by atoms with Crippen molar-refractivity contribution < 1.29 is 9.72 Å². The van der Waals surface area contributed by atoms with Crippen molar-refractivity contribution in [1.82, 2.24) is 5.32 Å². The molecule has 1 N–H and O–H groups in total. The van der Waals surface area contributed by atoms with Crippen molar-refractivity contribution >= 4 is 11.6 Å². The zero-order chi connectivity index (χ0) is 16.1. The van der Waals surface area contributed by atoms with Gasteiger partial charge in [0, 0.05) is 23.7 Å². The Bertz CT molecular complexity index is 684. The summed E-state index contributed by atoms with van der Waals surface area (Å²) in [6, 6.07) is 14.4. The molecule has 0 radical (unpaired) electrons. The summed E-state index contributed by atoms with van der Waals surface area (Å²) < 4.78 is 0. The van der Waals surface area contributed by atoms with E-state index in [9.17, 15) is 14.9 Å². The molecule has 2 rings (SSSR count). The molecule has 0 aliphatic heterocycles. The summed E-state index contributed by atoms with van der Waals surface area (Å²) in [6.07, 6.45) is 0. The number of hydrogen-bond donors (Lipinski definition) is 1. The van der Waals surface area contributed by atoms with Gasteiger partial charge in [-0.05, 0) is 24.5 Å². The summed E-state index contributed by atoms with van der Waals surface area (Å²) in [5, 5.41) is 13.7. The summed E-state index contributed by atoms with van der Waals surface area (Å²) >= 11 is 0. The van der Waals surface area contributed by atoms with E-state index < -0.39 is 4.92 Å². The first kappa shape index (κ1) is 15.7. The molecule has 0 saturated heterocycles. The third-order valence-electron chi connectivity index (χ3n) is 3.61. The number of nitrogens with one attached hydrogen (secondary N) is 1. The van der Waals surface area contributed by atoms with E-state index in [1.807, 2.05) is 37.3 Å². The highest BCUT2D eigenvalue weighted by Crippen LogP contribution is 2.19. The molecule has 0 spiro atoms. The number of hydrogen-bond acceptors (Lipinski definition) is 3. The topological polar surface area (TPSA) is 72.2 Å². The Hall–Kier alpha value is -2.69. The van der Waals surface area contributed by atoms with E-state index in [1.165, 1.54) is 6.07 Å². The van der Waals surface area contributed by atoms with Gasteiger partial charge in [0.25, 0.3) is 11.6 Å². The first-order chi connectivity index (χ1) is 10.5. The average Bonchev–Trinajstić information content (AvgIpc) is 2.53. The summed E-state index contributed by atoms with van der Waals surface area (Å²) in [4.78, 5) is 22.6. The second-order valence-corrected chi connectivity index (χ2v) is 5.28. The Kier molecular flexibility index (Phi) is 4.88. The molecule has 0 bridgehead atoms. The molecule has 5 heteroatoms. The highest BCUT2D eigenvalue weighted by molar-refractivity contribution is 5.95. The van der Waals surface area contributed by atoms with Gasteiger partial charge in [0.05, 0.1) is 4.92 Å². The lowest BCUT2D eigenvalue weighted by Gasteiger charge is -2.13. The van der Waals surface area contributed by atoms with Crippen molar-refractivity contribution in [2.75, 3.05) is 6.54 Å². The van der Waals surface area contributed by atoms with Crippen LogP contribution >= 0.6 is 0 Å². The molecule has 0 unspecified atom stereocenters. The third-order valence-corrected chi connectivity index (χ3v) is 3.61. The fourth-order valence-electron chi connectivity index (χ4n) is 2.19. The average molecular weight is 298 g/mol. The van der Waals surface area contributed by atoms with Crippen LogP contribution in [-0.2, 0) is 0 Å². The predicted molar refractivity (Wildman–Crippen MR) is 85.0 cm³/mol. The van der Waals surface area contributed by atoms with Gasteiger partial charge in [-0.3, -0.25) is 14.9 Å². The van der Waals surface area contributed by atoms with Crippen LogP contribution in [0.4, 0.5) is 5.69 Å². The molecule has 1 amide bonds. The lowest BCUT2D eigenvalue weighted by atomic mass is 10.0. The normalized spacial score (nSPS) is 11.7. The number of nitro benzene ring substituents is 1. The number of nitrogens with zero attached hydrogens (tertiary/aromatic N) is 1. The number of nitro groups is 1. The lowest BCUT2D eigenvalue weighted by molar-refractivity contribution is -0.385. The number of carbonyl (C=O) groups is 1. The molecule has 22 heavy (non-hydrogen) atoms. The van der Waals surface area contributed by atoms with Gasteiger partial charge in [0.2, 0.25) is 0 Å². The first-order valence-corrected chi connectivity index (χ1v) is 7.07. The van der Waals surface area contributed by atoms with E-state index in [4.69, 9.17) is 0 Å². The van der Waals surface area contributed by atoms with E-state index in [-0.39, 0.29) is 17.5 Å². The van der Waals surface area contributed by atoms with Crippen molar-refractivity contribution in [2.24, 2.45) is 0 Å². The molecule has 0 aliphatic rings.